The Kier molecular flexibility index (Phi) is 4.45. The van der Waals surface area contributed by atoms with E-state index in [1.165, 1.54) is 4.90 Å². The molecule has 0 radical (unpaired) electrons. The molecular formula is C17H20N4O4. The van der Waals surface area contributed by atoms with Crippen LogP contribution < -0.4 is 11.5 Å². The largest absolute Gasteiger partial charge is 0.480 e. The van der Waals surface area contributed by atoms with Crippen molar-refractivity contribution in [2.24, 2.45) is 11.5 Å². The first kappa shape index (κ1) is 17.0. The van der Waals surface area contributed by atoms with Crippen LogP contribution in [0.2, 0.25) is 0 Å². The third-order valence-corrected chi connectivity index (χ3v) is 4.59. The molecule has 8 heteroatoms. The summed E-state index contributed by atoms with van der Waals surface area (Å²) < 4.78 is 0. The van der Waals surface area contributed by atoms with Gasteiger partial charge in [0.05, 0.1) is 12.6 Å². The lowest BCUT2D eigenvalue weighted by atomic mass is 9.95. The van der Waals surface area contributed by atoms with Crippen molar-refractivity contribution in [1.82, 2.24) is 9.88 Å². The zero-order valence-corrected chi connectivity index (χ0v) is 13.6. The van der Waals surface area contributed by atoms with Crippen LogP contribution in [0.1, 0.15) is 24.1 Å². The first-order chi connectivity index (χ1) is 11.9. The molecule has 8 nitrogen and oxygen atoms in total. The van der Waals surface area contributed by atoms with Gasteiger partial charge >= 0.3 is 5.97 Å². The SMILES string of the molecule is NC(=O)CC[C@H](N)C(=O)N1Cc2[nH]c3ccccc3c2C[C@H]1C(=O)O. The summed E-state index contributed by atoms with van der Waals surface area (Å²) >= 11 is 0. The van der Waals surface area contributed by atoms with Crippen LogP contribution in [-0.2, 0) is 27.3 Å². The maximum atomic E-state index is 12.6. The highest BCUT2D eigenvalue weighted by Gasteiger charge is 2.37. The number of rotatable bonds is 5. The third-order valence-electron chi connectivity index (χ3n) is 4.59. The number of fused-ring (bicyclic) bond motifs is 3. The molecule has 2 heterocycles. The Morgan fingerprint density at radius 1 is 1.32 bits per heavy atom. The van der Waals surface area contributed by atoms with E-state index < -0.39 is 29.9 Å². The summed E-state index contributed by atoms with van der Waals surface area (Å²) in [5.41, 5.74) is 13.6. The number of aromatic amines is 1. The number of amides is 2. The number of aromatic nitrogens is 1. The number of nitrogens with one attached hydrogen (secondary N) is 1. The molecule has 132 valence electrons. The molecule has 1 aromatic heterocycles. The van der Waals surface area contributed by atoms with Crippen molar-refractivity contribution in [3.05, 3.63) is 35.5 Å². The number of nitrogens with zero attached hydrogens (tertiary/aromatic N) is 1. The molecule has 1 aromatic carbocycles. The average Bonchev–Trinajstić information content (AvgIpc) is 2.95. The Labute approximate surface area is 143 Å². The van der Waals surface area contributed by atoms with Gasteiger partial charge in [0.1, 0.15) is 6.04 Å². The molecule has 0 unspecified atom stereocenters. The Bertz CT molecular complexity index is 844. The molecule has 6 N–H and O–H groups in total. The van der Waals surface area contributed by atoms with E-state index in [-0.39, 0.29) is 25.8 Å². The molecule has 0 saturated carbocycles. The summed E-state index contributed by atoms with van der Waals surface area (Å²) in [6.07, 6.45) is 0.287. The topological polar surface area (TPSA) is 143 Å². The van der Waals surface area contributed by atoms with Crippen LogP contribution in [0, 0.1) is 0 Å². The minimum atomic E-state index is -1.08. The van der Waals surface area contributed by atoms with Crippen molar-refractivity contribution in [3.63, 3.8) is 0 Å². The summed E-state index contributed by atoms with van der Waals surface area (Å²) in [5, 5.41) is 10.5. The van der Waals surface area contributed by atoms with Crippen molar-refractivity contribution < 1.29 is 19.5 Å². The van der Waals surface area contributed by atoms with Crippen LogP contribution in [0.15, 0.2) is 24.3 Å². The molecule has 1 aliphatic heterocycles. The smallest absolute Gasteiger partial charge is 0.326 e. The lowest BCUT2D eigenvalue weighted by molar-refractivity contribution is -0.152. The van der Waals surface area contributed by atoms with E-state index in [0.717, 1.165) is 22.2 Å². The van der Waals surface area contributed by atoms with E-state index in [1.54, 1.807) is 0 Å². The van der Waals surface area contributed by atoms with Crippen LogP contribution in [0.5, 0.6) is 0 Å². The number of benzene rings is 1. The fourth-order valence-corrected chi connectivity index (χ4v) is 3.29. The van der Waals surface area contributed by atoms with Gasteiger partial charge in [0.15, 0.2) is 0 Å². The van der Waals surface area contributed by atoms with Crippen LogP contribution in [0.25, 0.3) is 10.9 Å². The van der Waals surface area contributed by atoms with Crippen LogP contribution >= 0.6 is 0 Å². The summed E-state index contributed by atoms with van der Waals surface area (Å²) in [7, 11) is 0. The average molecular weight is 344 g/mol. The fourth-order valence-electron chi connectivity index (χ4n) is 3.29. The molecule has 2 amide bonds. The van der Waals surface area contributed by atoms with Gasteiger partial charge < -0.3 is 26.5 Å². The predicted molar refractivity (Wildman–Crippen MR) is 90.4 cm³/mol. The molecule has 0 spiro atoms. The van der Waals surface area contributed by atoms with Gasteiger partial charge in [-0.15, -0.1) is 0 Å². The normalized spacial score (nSPS) is 18.0. The number of carbonyl (C=O) groups excluding carboxylic acids is 2. The van der Waals surface area contributed by atoms with E-state index in [4.69, 9.17) is 11.5 Å². The zero-order valence-electron chi connectivity index (χ0n) is 13.6. The molecule has 0 fully saturated rings. The van der Waals surface area contributed by atoms with Gasteiger partial charge in [-0.25, -0.2) is 4.79 Å². The Morgan fingerprint density at radius 3 is 2.72 bits per heavy atom. The monoisotopic (exact) mass is 344 g/mol. The van der Waals surface area contributed by atoms with E-state index in [2.05, 4.69) is 4.98 Å². The van der Waals surface area contributed by atoms with Crippen molar-refractivity contribution in [2.45, 2.75) is 37.9 Å². The molecule has 0 bridgehead atoms. The summed E-state index contributed by atoms with van der Waals surface area (Å²) in [6, 6.07) is 5.68. The first-order valence-electron chi connectivity index (χ1n) is 8.04. The number of carboxylic acid groups (broad SMARTS) is 1. The van der Waals surface area contributed by atoms with Crippen molar-refractivity contribution in [1.29, 1.82) is 0 Å². The molecular weight excluding hydrogens is 324 g/mol. The second-order valence-corrected chi connectivity index (χ2v) is 6.26. The molecule has 2 aromatic rings. The number of hydrogen-bond donors (Lipinski definition) is 4. The van der Waals surface area contributed by atoms with Crippen molar-refractivity contribution in [3.8, 4) is 0 Å². The summed E-state index contributed by atoms with van der Waals surface area (Å²) in [6.45, 7) is 0.143. The second kappa shape index (κ2) is 6.56. The maximum Gasteiger partial charge on any atom is 0.326 e. The van der Waals surface area contributed by atoms with Gasteiger partial charge in [-0.2, -0.15) is 0 Å². The quantitative estimate of drug-likeness (QED) is 0.608. The predicted octanol–water partition coefficient (Wildman–Crippen LogP) is 0.0986. The fraction of sp³-hybridized carbons (Fsp3) is 0.353. The number of hydrogen-bond acceptors (Lipinski definition) is 4. The molecule has 0 aliphatic carbocycles. The van der Waals surface area contributed by atoms with Gasteiger partial charge in [0.25, 0.3) is 0 Å². The number of H-pyrrole nitrogens is 1. The lowest BCUT2D eigenvalue weighted by Gasteiger charge is -2.34. The highest BCUT2D eigenvalue weighted by Crippen LogP contribution is 2.30. The van der Waals surface area contributed by atoms with Gasteiger partial charge in [-0.1, -0.05) is 18.2 Å². The summed E-state index contributed by atoms with van der Waals surface area (Å²) in [4.78, 5) is 39.7. The third kappa shape index (κ3) is 3.20. The highest BCUT2D eigenvalue weighted by atomic mass is 16.4. The molecule has 2 atom stereocenters. The lowest BCUT2D eigenvalue weighted by Crippen LogP contribution is -2.53. The van der Waals surface area contributed by atoms with Gasteiger partial charge in [-0.3, -0.25) is 9.59 Å². The van der Waals surface area contributed by atoms with E-state index >= 15 is 0 Å². The first-order valence-corrected chi connectivity index (χ1v) is 8.04. The van der Waals surface area contributed by atoms with E-state index in [1.807, 2.05) is 24.3 Å². The minimum absolute atomic E-state index is 0.0177. The van der Waals surface area contributed by atoms with Crippen LogP contribution in [0.3, 0.4) is 0 Å². The number of nitrogens with two attached hydrogens (primary N) is 2. The van der Waals surface area contributed by atoms with Gasteiger partial charge in [-0.05, 0) is 18.1 Å². The van der Waals surface area contributed by atoms with Gasteiger partial charge in [0, 0.05) is 29.4 Å². The second-order valence-electron chi connectivity index (χ2n) is 6.26. The minimum Gasteiger partial charge on any atom is -0.480 e. The molecule has 1 aliphatic rings. The molecule has 3 rings (SSSR count). The number of para-hydroxylation sites is 1. The summed E-state index contributed by atoms with van der Waals surface area (Å²) in [5.74, 6) is -2.11. The Balaban J connectivity index is 1.89. The highest BCUT2D eigenvalue weighted by molar-refractivity contribution is 5.91. The number of carbonyl (C=O) groups is 3. The number of aliphatic carboxylic acids is 1. The zero-order chi connectivity index (χ0) is 18.1. The number of carboxylic acids is 1. The van der Waals surface area contributed by atoms with Crippen LogP contribution in [0.4, 0.5) is 0 Å². The Hall–Kier alpha value is -2.87. The molecule has 0 saturated heterocycles. The van der Waals surface area contributed by atoms with Crippen LogP contribution in [-0.4, -0.2) is 44.9 Å². The Morgan fingerprint density at radius 2 is 2.04 bits per heavy atom. The van der Waals surface area contributed by atoms with Gasteiger partial charge in [0.2, 0.25) is 11.8 Å². The van der Waals surface area contributed by atoms with E-state index in [9.17, 15) is 19.5 Å². The maximum absolute atomic E-state index is 12.6. The van der Waals surface area contributed by atoms with Crippen molar-refractivity contribution >= 4 is 28.7 Å². The standard InChI is InChI=1S/C17H20N4O4/c18-11(5-6-15(19)22)16(23)21-8-13-10(7-14(21)17(24)25)9-3-1-2-4-12(9)20-13/h1-4,11,14,20H,5-8,18H2,(H2,19,22)(H,24,25)/t11-,14-/m0/s1. The van der Waals surface area contributed by atoms with Crippen molar-refractivity contribution in [2.75, 3.05) is 0 Å². The van der Waals surface area contributed by atoms with E-state index in [0.29, 0.717) is 0 Å². The number of primary amides is 1. The molecule has 25 heavy (non-hydrogen) atoms.